The summed E-state index contributed by atoms with van der Waals surface area (Å²) in [6.45, 7) is 1.00. The number of thioether (sulfide) groups is 1. The number of carbonyl (C=O) groups excluding carboxylic acids is 3. The molecule has 1 aromatic carbocycles. The minimum absolute atomic E-state index is 0.134. The maximum Gasteiger partial charge on any atom is 0.289 e. The Morgan fingerprint density at radius 2 is 2.00 bits per heavy atom. The molecule has 0 unspecified atom stereocenters. The van der Waals surface area contributed by atoms with Gasteiger partial charge in [0.05, 0.1) is 31.7 Å². The molecule has 0 atom stereocenters. The molecule has 1 aliphatic heterocycles. The number of imide groups is 1. The molecule has 0 aliphatic carbocycles. The maximum atomic E-state index is 13.3. The summed E-state index contributed by atoms with van der Waals surface area (Å²) in [4.78, 5) is 41.0. The first-order chi connectivity index (χ1) is 14.1. The van der Waals surface area contributed by atoms with Crippen LogP contribution in [0.5, 0.6) is 0 Å². The SMILES string of the molecule is O=C(c1cccc(CN2C(=O)CSC2=O)c1)N(Cc1ccco1)Cc1cccs1. The molecular weight excluding hydrogens is 408 g/mol. The molecule has 3 heterocycles. The van der Waals surface area contributed by atoms with Crippen molar-refractivity contribution in [2.75, 3.05) is 5.75 Å². The van der Waals surface area contributed by atoms with Gasteiger partial charge in [0.25, 0.3) is 11.1 Å². The predicted molar refractivity (Wildman–Crippen MR) is 111 cm³/mol. The molecule has 3 amide bonds. The van der Waals surface area contributed by atoms with E-state index in [1.54, 1.807) is 46.8 Å². The molecular formula is C21H18N2O4S2. The number of thiophene rings is 1. The van der Waals surface area contributed by atoms with Crippen molar-refractivity contribution in [2.45, 2.75) is 19.6 Å². The van der Waals surface area contributed by atoms with Crippen LogP contribution in [-0.2, 0) is 24.4 Å². The van der Waals surface area contributed by atoms with Crippen LogP contribution in [0.4, 0.5) is 4.79 Å². The van der Waals surface area contributed by atoms with Crippen LogP contribution in [0.3, 0.4) is 0 Å². The van der Waals surface area contributed by atoms with E-state index >= 15 is 0 Å². The number of rotatable bonds is 7. The Labute approximate surface area is 176 Å². The second-order valence-corrected chi connectivity index (χ2v) is 8.51. The van der Waals surface area contributed by atoms with Gasteiger partial charge in [0, 0.05) is 10.4 Å². The average Bonchev–Trinajstić information content (AvgIpc) is 3.48. The molecule has 0 N–H and O–H groups in total. The number of carbonyl (C=O) groups is 3. The highest BCUT2D eigenvalue weighted by atomic mass is 32.2. The second-order valence-electron chi connectivity index (χ2n) is 6.55. The fourth-order valence-corrected chi connectivity index (χ4v) is 4.53. The molecule has 3 aromatic rings. The lowest BCUT2D eigenvalue weighted by Gasteiger charge is -2.22. The van der Waals surface area contributed by atoms with Gasteiger partial charge in [-0.15, -0.1) is 11.3 Å². The number of benzene rings is 1. The lowest BCUT2D eigenvalue weighted by Crippen LogP contribution is -2.30. The lowest BCUT2D eigenvalue weighted by molar-refractivity contribution is -0.125. The van der Waals surface area contributed by atoms with E-state index in [4.69, 9.17) is 4.42 Å². The fraction of sp³-hybridized carbons (Fsp3) is 0.190. The maximum absolute atomic E-state index is 13.3. The van der Waals surface area contributed by atoms with E-state index in [2.05, 4.69) is 0 Å². The highest BCUT2D eigenvalue weighted by Gasteiger charge is 2.30. The molecule has 4 rings (SSSR count). The molecule has 0 saturated carbocycles. The highest BCUT2D eigenvalue weighted by Crippen LogP contribution is 2.23. The van der Waals surface area contributed by atoms with Gasteiger partial charge in [0.1, 0.15) is 5.76 Å². The summed E-state index contributed by atoms with van der Waals surface area (Å²) >= 11 is 2.60. The van der Waals surface area contributed by atoms with Crippen LogP contribution in [0.25, 0.3) is 0 Å². The molecule has 1 fully saturated rings. The van der Waals surface area contributed by atoms with Crippen LogP contribution in [0.15, 0.2) is 64.6 Å². The summed E-state index contributed by atoms with van der Waals surface area (Å²) in [6, 6.07) is 14.7. The van der Waals surface area contributed by atoms with Crippen molar-refractivity contribution >= 4 is 40.2 Å². The number of hydrogen-bond acceptors (Lipinski definition) is 6. The van der Waals surface area contributed by atoms with Gasteiger partial charge >= 0.3 is 0 Å². The largest absolute Gasteiger partial charge is 0.467 e. The zero-order valence-corrected chi connectivity index (χ0v) is 17.1. The molecule has 6 nitrogen and oxygen atoms in total. The monoisotopic (exact) mass is 426 g/mol. The minimum Gasteiger partial charge on any atom is -0.467 e. The summed E-state index contributed by atoms with van der Waals surface area (Å²) in [5, 5.41) is 1.73. The Morgan fingerprint density at radius 1 is 1.10 bits per heavy atom. The van der Waals surface area contributed by atoms with E-state index in [0.29, 0.717) is 24.4 Å². The zero-order chi connectivity index (χ0) is 20.2. The smallest absolute Gasteiger partial charge is 0.289 e. The third-order valence-electron chi connectivity index (χ3n) is 4.50. The molecule has 8 heteroatoms. The van der Waals surface area contributed by atoms with Crippen LogP contribution < -0.4 is 0 Å². The Bertz CT molecular complexity index is 963. The van der Waals surface area contributed by atoms with E-state index in [0.717, 1.165) is 22.2 Å². The van der Waals surface area contributed by atoms with Crippen molar-refractivity contribution in [2.24, 2.45) is 0 Å². The normalized spacial score (nSPS) is 13.9. The molecule has 0 spiro atoms. The topological polar surface area (TPSA) is 70.8 Å². The van der Waals surface area contributed by atoms with Crippen molar-refractivity contribution in [1.29, 1.82) is 0 Å². The number of amides is 3. The van der Waals surface area contributed by atoms with E-state index in [-0.39, 0.29) is 29.4 Å². The lowest BCUT2D eigenvalue weighted by atomic mass is 10.1. The van der Waals surface area contributed by atoms with Crippen molar-refractivity contribution in [3.63, 3.8) is 0 Å². The molecule has 0 bridgehead atoms. The van der Waals surface area contributed by atoms with E-state index < -0.39 is 0 Å². The van der Waals surface area contributed by atoms with E-state index in [1.807, 2.05) is 29.6 Å². The molecule has 1 saturated heterocycles. The Hall–Kier alpha value is -2.84. The fourth-order valence-electron chi connectivity index (χ4n) is 3.08. The number of hydrogen-bond donors (Lipinski definition) is 0. The van der Waals surface area contributed by atoms with Crippen molar-refractivity contribution < 1.29 is 18.8 Å². The average molecular weight is 427 g/mol. The van der Waals surface area contributed by atoms with Gasteiger partial charge in [-0.1, -0.05) is 30.0 Å². The highest BCUT2D eigenvalue weighted by molar-refractivity contribution is 8.14. The third-order valence-corrected chi connectivity index (χ3v) is 6.22. The van der Waals surface area contributed by atoms with Crippen LogP contribution in [0.1, 0.15) is 26.6 Å². The molecule has 2 aromatic heterocycles. The van der Waals surface area contributed by atoms with Crippen molar-refractivity contribution in [3.05, 3.63) is 81.9 Å². The van der Waals surface area contributed by atoms with Crippen molar-refractivity contribution in [1.82, 2.24) is 9.80 Å². The van der Waals surface area contributed by atoms with Gasteiger partial charge in [-0.05, 0) is 41.3 Å². The number of nitrogens with zero attached hydrogens (tertiary/aromatic N) is 2. The Balaban J connectivity index is 1.55. The van der Waals surface area contributed by atoms with Crippen LogP contribution in [0, 0.1) is 0 Å². The predicted octanol–water partition coefficient (Wildman–Crippen LogP) is 4.38. The van der Waals surface area contributed by atoms with Crippen LogP contribution >= 0.6 is 23.1 Å². The third kappa shape index (κ3) is 4.60. The van der Waals surface area contributed by atoms with Crippen molar-refractivity contribution in [3.8, 4) is 0 Å². The van der Waals surface area contributed by atoms with E-state index in [1.165, 1.54) is 4.90 Å². The molecule has 0 radical (unpaired) electrons. The summed E-state index contributed by atoms with van der Waals surface area (Å²) in [6.07, 6.45) is 1.59. The zero-order valence-electron chi connectivity index (χ0n) is 15.4. The van der Waals surface area contributed by atoms with Crippen LogP contribution in [0.2, 0.25) is 0 Å². The Morgan fingerprint density at radius 3 is 2.69 bits per heavy atom. The second kappa shape index (κ2) is 8.67. The first kappa shape index (κ1) is 19.5. The molecule has 1 aliphatic rings. The quantitative estimate of drug-likeness (QED) is 0.561. The van der Waals surface area contributed by atoms with Gasteiger partial charge in [-0.25, -0.2) is 0 Å². The van der Waals surface area contributed by atoms with E-state index in [9.17, 15) is 14.4 Å². The van der Waals surface area contributed by atoms with Gasteiger partial charge in [-0.2, -0.15) is 0 Å². The molecule has 148 valence electrons. The Kier molecular flexibility index (Phi) is 5.82. The number of furan rings is 1. The summed E-state index contributed by atoms with van der Waals surface area (Å²) < 4.78 is 5.43. The van der Waals surface area contributed by atoms with Gasteiger partial charge in [-0.3, -0.25) is 19.3 Å². The summed E-state index contributed by atoms with van der Waals surface area (Å²) in [5.74, 6) is 0.546. The summed E-state index contributed by atoms with van der Waals surface area (Å²) in [7, 11) is 0. The molecule has 29 heavy (non-hydrogen) atoms. The van der Waals surface area contributed by atoms with Crippen LogP contribution in [-0.4, -0.2) is 32.6 Å². The van der Waals surface area contributed by atoms with Gasteiger partial charge in [0.2, 0.25) is 5.91 Å². The van der Waals surface area contributed by atoms with Gasteiger partial charge < -0.3 is 9.32 Å². The minimum atomic E-state index is -0.246. The first-order valence-corrected chi connectivity index (χ1v) is 10.9. The standard InChI is InChI=1S/C21H18N2O4S2/c24-19-14-29-21(26)23(19)11-15-4-1-5-16(10-15)20(25)22(12-17-6-2-8-27-17)13-18-7-3-9-28-18/h1-10H,11-14H2. The first-order valence-electron chi connectivity index (χ1n) is 9.00. The summed E-state index contributed by atoms with van der Waals surface area (Å²) in [5.41, 5.74) is 1.26. The van der Waals surface area contributed by atoms with Gasteiger partial charge in [0.15, 0.2) is 0 Å².